The largest absolute Gasteiger partial charge is 0.325 e. The Hall–Kier alpha value is -4.22. The second kappa shape index (κ2) is 11.0. The molecule has 38 heavy (non-hydrogen) atoms. The maximum absolute atomic E-state index is 13.4. The lowest BCUT2D eigenvalue weighted by Gasteiger charge is -2.24. The number of para-hydroxylation sites is 1. The second-order valence-corrected chi connectivity index (χ2v) is 11.9. The number of nitrogens with zero attached hydrogens (tertiary/aromatic N) is 1. The molecule has 0 bridgehead atoms. The Kier molecular flexibility index (Phi) is 7.79. The Morgan fingerprint density at radius 3 is 1.92 bits per heavy atom. The van der Waals surface area contributed by atoms with Gasteiger partial charge < -0.3 is 5.32 Å². The summed E-state index contributed by atoms with van der Waals surface area (Å²) in [5.41, 5.74) is 1.83. The van der Waals surface area contributed by atoms with Gasteiger partial charge >= 0.3 is 0 Å². The molecule has 0 spiro atoms. The van der Waals surface area contributed by atoms with Crippen LogP contribution >= 0.6 is 0 Å². The van der Waals surface area contributed by atoms with E-state index in [1.807, 2.05) is 6.92 Å². The fourth-order valence-electron chi connectivity index (χ4n) is 3.53. The van der Waals surface area contributed by atoms with Crippen molar-refractivity contribution in [1.82, 2.24) is 0 Å². The summed E-state index contributed by atoms with van der Waals surface area (Å²) < 4.78 is 68.8. The third kappa shape index (κ3) is 6.36. The van der Waals surface area contributed by atoms with Crippen LogP contribution in [0.15, 0.2) is 113 Å². The molecule has 4 aromatic carbocycles. The van der Waals surface area contributed by atoms with Crippen molar-refractivity contribution in [3.05, 3.63) is 115 Å². The Labute approximate surface area is 220 Å². The third-order valence-electron chi connectivity index (χ3n) is 5.49. The van der Waals surface area contributed by atoms with Gasteiger partial charge in [0.15, 0.2) is 0 Å². The monoisotopic (exact) mass is 553 g/mol. The van der Waals surface area contributed by atoms with Crippen LogP contribution in [0.25, 0.3) is 0 Å². The van der Waals surface area contributed by atoms with Crippen LogP contribution in [-0.4, -0.2) is 29.3 Å². The van der Waals surface area contributed by atoms with Crippen molar-refractivity contribution in [2.75, 3.05) is 20.9 Å². The van der Waals surface area contributed by atoms with E-state index < -0.39 is 38.3 Å². The fourth-order valence-corrected chi connectivity index (χ4v) is 6.01. The van der Waals surface area contributed by atoms with E-state index in [2.05, 4.69) is 10.0 Å². The molecular weight excluding hydrogens is 529 g/mol. The molecule has 8 nitrogen and oxygen atoms in total. The summed E-state index contributed by atoms with van der Waals surface area (Å²) in [4.78, 5) is 12.7. The molecule has 1 amide bonds. The average molecular weight is 554 g/mol. The van der Waals surface area contributed by atoms with Crippen LogP contribution < -0.4 is 14.3 Å². The number of hydrogen-bond acceptors (Lipinski definition) is 5. The zero-order chi connectivity index (χ0) is 27.3. The summed E-state index contributed by atoms with van der Waals surface area (Å²) in [5, 5.41) is 2.59. The molecule has 0 saturated carbocycles. The standard InChI is InChI=1S/C27H24FN3O5S2/c1-20-7-13-24(14-8-20)31(38(35,36)26-15-9-21(28)10-16-26)19-27(32)29-22-11-17-25(18-12-22)37(33,34)30-23-5-3-2-4-6-23/h2-18,30H,19H2,1H3,(H,29,32). The highest BCUT2D eigenvalue weighted by molar-refractivity contribution is 7.93. The molecule has 4 rings (SSSR count). The zero-order valence-electron chi connectivity index (χ0n) is 20.2. The quantitative estimate of drug-likeness (QED) is 0.310. The molecule has 2 N–H and O–H groups in total. The molecular formula is C27H24FN3O5S2. The molecule has 11 heteroatoms. The van der Waals surface area contributed by atoms with E-state index in [1.54, 1.807) is 54.6 Å². The molecule has 0 unspecified atom stereocenters. The number of carbonyl (C=O) groups excluding carboxylic acids is 1. The van der Waals surface area contributed by atoms with Gasteiger partial charge in [0.05, 0.1) is 15.5 Å². The molecule has 0 aliphatic carbocycles. The van der Waals surface area contributed by atoms with Gasteiger partial charge in [0, 0.05) is 11.4 Å². The highest BCUT2D eigenvalue weighted by atomic mass is 32.2. The number of nitrogens with one attached hydrogen (secondary N) is 2. The van der Waals surface area contributed by atoms with Gasteiger partial charge in [-0.25, -0.2) is 21.2 Å². The van der Waals surface area contributed by atoms with Gasteiger partial charge in [-0.05, 0) is 79.7 Å². The van der Waals surface area contributed by atoms with Gasteiger partial charge in [0.25, 0.3) is 20.0 Å². The Morgan fingerprint density at radius 2 is 1.32 bits per heavy atom. The van der Waals surface area contributed by atoms with Crippen LogP contribution in [-0.2, 0) is 24.8 Å². The molecule has 0 aliphatic rings. The third-order valence-corrected chi connectivity index (χ3v) is 8.67. The van der Waals surface area contributed by atoms with E-state index in [9.17, 15) is 26.0 Å². The van der Waals surface area contributed by atoms with Crippen molar-refractivity contribution in [1.29, 1.82) is 0 Å². The maximum Gasteiger partial charge on any atom is 0.264 e. The Bertz CT molecular complexity index is 1630. The Morgan fingerprint density at radius 1 is 0.737 bits per heavy atom. The van der Waals surface area contributed by atoms with Crippen molar-refractivity contribution in [3.63, 3.8) is 0 Å². The fraction of sp³-hybridized carbons (Fsp3) is 0.0741. The lowest BCUT2D eigenvalue weighted by atomic mass is 10.2. The molecule has 0 aliphatic heterocycles. The average Bonchev–Trinajstić information content (AvgIpc) is 2.89. The highest BCUT2D eigenvalue weighted by Crippen LogP contribution is 2.25. The summed E-state index contributed by atoms with van der Waals surface area (Å²) >= 11 is 0. The van der Waals surface area contributed by atoms with Crippen molar-refractivity contribution in [3.8, 4) is 0 Å². The second-order valence-electron chi connectivity index (χ2n) is 8.35. The van der Waals surface area contributed by atoms with E-state index in [4.69, 9.17) is 0 Å². The minimum atomic E-state index is -4.21. The summed E-state index contributed by atoms with van der Waals surface area (Å²) in [5.74, 6) is -1.25. The molecule has 0 radical (unpaired) electrons. The number of hydrogen-bond donors (Lipinski definition) is 2. The normalized spacial score (nSPS) is 11.5. The molecule has 4 aromatic rings. The first-order chi connectivity index (χ1) is 18.0. The van der Waals surface area contributed by atoms with Crippen molar-refractivity contribution in [2.45, 2.75) is 16.7 Å². The van der Waals surface area contributed by atoms with E-state index in [0.717, 1.165) is 34.1 Å². The lowest BCUT2D eigenvalue weighted by Crippen LogP contribution is -2.38. The molecule has 0 aromatic heterocycles. The highest BCUT2D eigenvalue weighted by Gasteiger charge is 2.27. The molecule has 0 saturated heterocycles. The predicted octanol–water partition coefficient (Wildman–Crippen LogP) is 4.77. The van der Waals surface area contributed by atoms with E-state index >= 15 is 0 Å². The van der Waals surface area contributed by atoms with Crippen LogP contribution in [0.2, 0.25) is 0 Å². The number of sulfonamides is 2. The minimum Gasteiger partial charge on any atom is -0.325 e. The smallest absolute Gasteiger partial charge is 0.264 e. The van der Waals surface area contributed by atoms with Crippen LogP contribution in [0.3, 0.4) is 0 Å². The summed E-state index contributed by atoms with van der Waals surface area (Å²) in [7, 11) is -8.06. The van der Waals surface area contributed by atoms with Crippen LogP contribution in [0.1, 0.15) is 5.56 Å². The zero-order valence-corrected chi connectivity index (χ0v) is 21.8. The van der Waals surface area contributed by atoms with Crippen LogP contribution in [0.4, 0.5) is 21.5 Å². The van der Waals surface area contributed by atoms with Crippen LogP contribution in [0.5, 0.6) is 0 Å². The SMILES string of the molecule is Cc1ccc(N(CC(=O)Nc2ccc(S(=O)(=O)Nc3ccccc3)cc2)S(=O)(=O)c2ccc(F)cc2)cc1. The summed E-state index contributed by atoms with van der Waals surface area (Å²) in [6.07, 6.45) is 0. The Balaban J connectivity index is 1.53. The number of anilines is 3. The van der Waals surface area contributed by atoms with Crippen molar-refractivity contribution >= 4 is 43.0 Å². The number of halogens is 1. The number of benzene rings is 4. The van der Waals surface area contributed by atoms with Crippen LogP contribution in [0, 0.1) is 12.7 Å². The van der Waals surface area contributed by atoms with Gasteiger partial charge in [0.2, 0.25) is 5.91 Å². The molecule has 196 valence electrons. The van der Waals surface area contributed by atoms with Crippen molar-refractivity contribution in [2.24, 2.45) is 0 Å². The van der Waals surface area contributed by atoms with Gasteiger partial charge in [-0.1, -0.05) is 35.9 Å². The molecule has 0 heterocycles. The molecule has 0 fully saturated rings. The van der Waals surface area contributed by atoms with Gasteiger partial charge in [-0.3, -0.25) is 13.8 Å². The van der Waals surface area contributed by atoms with Gasteiger partial charge in [-0.2, -0.15) is 0 Å². The lowest BCUT2D eigenvalue weighted by molar-refractivity contribution is -0.114. The van der Waals surface area contributed by atoms with Gasteiger partial charge in [0.1, 0.15) is 12.4 Å². The number of carbonyl (C=O) groups is 1. The number of rotatable bonds is 9. The summed E-state index contributed by atoms with van der Waals surface area (Å²) in [6.45, 7) is 1.27. The minimum absolute atomic E-state index is 0.0143. The maximum atomic E-state index is 13.4. The molecule has 0 atom stereocenters. The van der Waals surface area contributed by atoms with Gasteiger partial charge in [-0.15, -0.1) is 0 Å². The van der Waals surface area contributed by atoms with E-state index in [1.165, 1.54) is 24.3 Å². The number of amides is 1. The predicted molar refractivity (Wildman–Crippen MR) is 144 cm³/mol. The van der Waals surface area contributed by atoms with E-state index in [-0.39, 0.29) is 21.2 Å². The summed E-state index contributed by atoms with van der Waals surface area (Å²) in [6, 6.07) is 24.8. The van der Waals surface area contributed by atoms with E-state index in [0.29, 0.717) is 5.69 Å². The first-order valence-corrected chi connectivity index (χ1v) is 14.3. The topological polar surface area (TPSA) is 113 Å². The first kappa shape index (κ1) is 26.8. The number of aryl methyl sites for hydroxylation is 1. The first-order valence-electron chi connectivity index (χ1n) is 11.4. The van der Waals surface area contributed by atoms with Crippen molar-refractivity contribution < 1.29 is 26.0 Å².